The van der Waals surface area contributed by atoms with E-state index >= 15 is 0 Å². The molecule has 3 aromatic rings. The van der Waals surface area contributed by atoms with E-state index in [-0.39, 0.29) is 11.4 Å². The van der Waals surface area contributed by atoms with Crippen molar-refractivity contribution in [3.63, 3.8) is 0 Å². The molecule has 0 saturated heterocycles. The minimum Gasteiger partial charge on any atom is -0.497 e. The van der Waals surface area contributed by atoms with Crippen LogP contribution < -0.4 is 10.3 Å². The van der Waals surface area contributed by atoms with Crippen LogP contribution in [0.5, 0.6) is 5.75 Å². The number of benzene rings is 2. The van der Waals surface area contributed by atoms with E-state index in [0.717, 1.165) is 17.7 Å². The number of nitrogens with zero attached hydrogens (tertiary/aromatic N) is 1. The smallest absolute Gasteiger partial charge is 0.258 e. The monoisotopic (exact) mass is 325 g/mol. The van der Waals surface area contributed by atoms with Crippen molar-refractivity contribution in [3.05, 3.63) is 76.0 Å². The molecule has 0 fully saturated rings. The molecule has 0 aliphatic rings. The summed E-state index contributed by atoms with van der Waals surface area (Å²) in [4.78, 5) is 12.7. The van der Waals surface area contributed by atoms with Crippen LogP contribution in [0.2, 0.25) is 0 Å². The van der Waals surface area contributed by atoms with E-state index in [1.807, 2.05) is 31.2 Å². The molecule has 0 bridgehead atoms. The first-order valence-corrected chi connectivity index (χ1v) is 8.07. The highest BCUT2D eigenvalue weighted by atomic mass is 19.1. The van der Waals surface area contributed by atoms with Crippen LogP contribution in [0.3, 0.4) is 0 Å². The van der Waals surface area contributed by atoms with E-state index in [1.54, 1.807) is 30.0 Å². The van der Waals surface area contributed by atoms with E-state index in [4.69, 9.17) is 4.74 Å². The zero-order valence-corrected chi connectivity index (χ0v) is 13.9. The number of pyridine rings is 1. The molecule has 0 spiro atoms. The lowest BCUT2D eigenvalue weighted by Gasteiger charge is -2.10. The summed E-state index contributed by atoms with van der Waals surface area (Å²) in [5, 5.41) is 1.21. The molecule has 24 heavy (non-hydrogen) atoms. The fourth-order valence-corrected chi connectivity index (χ4v) is 2.86. The average Bonchev–Trinajstić information content (AvgIpc) is 2.59. The van der Waals surface area contributed by atoms with Gasteiger partial charge in [-0.05, 0) is 53.3 Å². The number of fused-ring (bicyclic) bond motifs is 1. The number of aromatic nitrogens is 1. The van der Waals surface area contributed by atoms with Crippen molar-refractivity contribution in [1.82, 2.24) is 4.57 Å². The first-order chi connectivity index (χ1) is 11.6. The second-order valence-corrected chi connectivity index (χ2v) is 5.88. The minimum atomic E-state index is -0.239. The molecular weight excluding hydrogens is 305 g/mol. The normalized spacial score (nSPS) is 11.0. The predicted molar refractivity (Wildman–Crippen MR) is 94.3 cm³/mol. The van der Waals surface area contributed by atoms with Gasteiger partial charge in [0.15, 0.2) is 0 Å². The van der Waals surface area contributed by atoms with Gasteiger partial charge in [0, 0.05) is 11.6 Å². The van der Waals surface area contributed by atoms with Gasteiger partial charge in [-0.2, -0.15) is 0 Å². The molecule has 4 heteroatoms. The molecule has 0 N–H and O–H groups in total. The summed E-state index contributed by atoms with van der Waals surface area (Å²) in [5.41, 5.74) is 1.51. The number of aryl methyl sites for hydroxylation is 1. The Bertz CT molecular complexity index is 913. The van der Waals surface area contributed by atoms with Gasteiger partial charge in [0.1, 0.15) is 11.6 Å². The van der Waals surface area contributed by atoms with Crippen LogP contribution in [0, 0.1) is 5.82 Å². The Balaban J connectivity index is 2.00. The molecule has 3 rings (SSSR count). The number of hydrogen-bond donors (Lipinski definition) is 0. The third-order valence-electron chi connectivity index (χ3n) is 4.18. The van der Waals surface area contributed by atoms with Crippen LogP contribution in [0.25, 0.3) is 10.8 Å². The van der Waals surface area contributed by atoms with Gasteiger partial charge in [-0.1, -0.05) is 25.5 Å². The standard InChI is InChI=1S/C20H20FNO2/c1-3-4-16-11-18-15(12-19(16)21)9-10-22(20(18)23)13-14-5-7-17(24-2)8-6-14/h5-12H,3-4,13H2,1-2H3. The van der Waals surface area contributed by atoms with E-state index < -0.39 is 0 Å². The van der Waals surface area contributed by atoms with Gasteiger partial charge in [0.2, 0.25) is 0 Å². The molecule has 0 aliphatic heterocycles. The van der Waals surface area contributed by atoms with Crippen molar-refractivity contribution < 1.29 is 9.13 Å². The SMILES string of the molecule is CCCc1cc2c(=O)n(Cc3ccc(OC)cc3)ccc2cc1F. The van der Waals surface area contributed by atoms with Gasteiger partial charge < -0.3 is 9.30 Å². The third kappa shape index (κ3) is 3.18. The maximum absolute atomic E-state index is 14.0. The fourth-order valence-electron chi connectivity index (χ4n) is 2.86. The third-order valence-corrected chi connectivity index (χ3v) is 4.18. The molecule has 1 heterocycles. The second kappa shape index (κ2) is 6.87. The Morgan fingerprint density at radius 2 is 1.88 bits per heavy atom. The second-order valence-electron chi connectivity index (χ2n) is 5.88. The van der Waals surface area contributed by atoms with E-state index in [0.29, 0.717) is 29.3 Å². The Kier molecular flexibility index (Phi) is 4.65. The van der Waals surface area contributed by atoms with Crippen LogP contribution in [-0.4, -0.2) is 11.7 Å². The molecule has 0 radical (unpaired) electrons. The highest BCUT2D eigenvalue weighted by Gasteiger charge is 2.09. The van der Waals surface area contributed by atoms with Crippen molar-refractivity contribution in [3.8, 4) is 5.75 Å². The maximum Gasteiger partial charge on any atom is 0.258 e. The Morgan fingerprint density at radius 1 is 1.12 bits per heavy atom. The first-order valence-electron chi connectivity index (χ1n) is 8.07. The lowest BCUT2D eigenvalue weighted by atomic mass is 10.0. The summed E-state index contributed by atoms with van der Waals surface area (Å²) >= 11 is 0. The molecule has 3 nitrogen and oxygen atoms in total. The van der Waals surface area contributed by atoms with Gasteiger partial charge in [-0.15, -0.1) is 0 Å². The first kappa shape index (κ1) is 16.2. The quantitative estimate of drug-likeness (QED) is 0.705. The number of rotatable bonds is 5. The van der Waals surface area contributed by atoms with Crippen LogP contribution in [0.4, 0.5) is 4.39 Å². The molecule has 0 unspecified atom stereocenters. The van der Waals surface area contributed by atoms with Gasteiger partial charge in [-0.3, -0.25) is 4.79 Å². The molecule has 124 valence electrons. The summed E-state index contributed by atoms with van der Waals surface area (Å²) in [6.45, 7) is 2.47. The Labute approximate surface area is 140 Å². The summed E-state index contributed by atoms with van der Waals surface area (Å²) < 4.78 is 20.8. The summed E-state index contributed by atoms with van der Waals surface area (Å²) in [6, 6.07) is 12.6. The largest absolute Gasteiger partial charge is 0.497 e. The molecule has 0 saturated carbocycles. The minimum absolute atomic E-state index is 0.0966. The Morgan fingerprint density at radius 3 is 2.54 bits per heavy atom. The van der Waals surface area contributed by atoms with Crippen LogP contribution in [0.1, 0.15) is 24.5 Å². The zero-order chi connectivity index (χ0) is 17.1. The predicted octanol–water partition coefficient (Wildman–Crippen LogP) is 4.15. The van der Waals surface area contributed by atoms with Crippen molar-refractivity contribution in [2.45, 2.75) is 26.3 Å². The van der Waals surface area contributed by atoms with Crippen LogP contribution in [-0.2, 0) is 13.0 Å². The van der Waals surface area contributed by atoms with Crippen molar-refractivity contribution in [1.29, 1.82) is 0 Å². The van der Waals surface area contributed by atoms with Crippen molar-refractivity contribution in [2.75, 3.05) is 7.11 Å². The van der Waals surface area contributed by atoms with E-state index in [2.05, 4.69) is 0 Å². The number of methoxy groups -OCH3 is 1. The zero-order valence-electron chi connectivity index (χ0n) is 13.9. The number of hydrogen-bond acceptors (Lipinski definition) is 2. The molecule has 2 aromatic carbocycles. The number of ether oxygens (including phenoxy) is 1. The summed E-state index contributed by atoms with van der Waals surface area (Å²) in [6.07, 6.45) is 3.19. The van der Waals surface area contributed by atoms with Crippen LogP contribution in [0.15, 0.2) is 53.5 Å². The molecule has 0 atom stereocenters. The molecule has 1 aromatic heterocycles. The highest BCUT2D eigenvalue weighted by molar-refractivity contribution is 5.82. The highest BCUT2D eigenvalue weighted by Crippen LogP contribution is 2.18. The summed E-state index contributed by atoms with van der Waals surface area (Å²) in [7, 11) is 1.62. The van der Waals surface area contributed by atoms with E-state index in [1.165, 1.54) is 6.07 Å². The summed E-state index contributed by atoms with van der Waals surface area (Å²) in [5.74, 6) is 0.543. The lowest BCUT2D eigenvalue weighted by molar-refractivity contribution is 0.414. The number of halogens is 1. The Hall–Kier alpha value is -2.62. The fraction of sp³-hybridized carbons (Fsp3) is 0.250. The van der Waals surface area contributed by atoms with Gasteiger partial charge in [0.25, 0.3) is 5.56 Å². The topological polar surface area (TPSA) is 31.2 Å². The molecule has 0 aliphatic carbocycles. The van der Waals surface area contributed by atoms with Gasteiger partial charge in [0.05, 0.1) is 13.7 Å². The maximum atomic E-state index is 14.0. The lowest BCUT2D eigenvalue weighted by Crippen LogP contribution is -2.20. The average molecular weight is 325 g/mol. The van der Waals surface area contributed by atoms with Crippen LogP contribution >= 0.6 is 0 Å². The van der Waals surface area contributed by atoms with Gasteiger partial charge in [-0.25, -0.2) is 4.39 Å². The van der Waals surface area contributed by atoms with Crippen molar-refractivity contribution in [2.24, 2.45) is 0 Å². The molecular formula is C20H20FNO2. The molecule has 0 amide bonds. The van der Waals surface area contributed by atoms with Crippen molar-refractivity contribution >= 4 is 10.8 Å². The van der Waals surface area contributed by atoms with E-state index in [9.17, 15) is 9.18 Å². The van der Waals surface area contributed by atoms with Gasteiger partial charge >= 0.3 is 0 Å².